The second-order valence-corrected chi connectivity index (χ2v) is 9.12. The Morgan fingerprint density at radius 1 is 1.19 bits per heavy atom. The smallest absolute Gasteiger partial charge is 0.303 e. The van der Waals surface area contributed by atoms with Gasteiger partial charge in [-0.05, 0) is 56.4 Å². The van der Waals surface area contributed by atoms with Crippen molar-refractivity contribution in [1.29, 1.82) is 0 Å². The number of rotatable bonds is 7. The molecule has 1 N–H and O–H groups in total. The van der Waals surface area contributed by atoms with Crippen LogP contribution in [-0.2, 0) is 19.6 Å². The van der Waals surface area contributed by atoms with E-state index in [-0.39, 0.29) is 18.2 Å². The number of sulfonamides is 1. The highest BCUT2D eigenvalue weighted by Crippen LogP contribution is 2.26. The number of amides is 1. The molecule has 0 unspecified atom stereocenters. The summed E-state index contributed by atoms with van der Waals surface area (Å²) in [5.41, 5.74) is 1.98. The SMILES string of the molecule is Cc1ccc(S(=O)(=O)N2CCC(C(=O)N(C)CCCC(=O)O)CC2)cc1C. The van der Waals surface area contributed by atoms with Gasteiger partial charge in [-0.25, -0.2) is 8.42 Å². The van der Waals surface area contributed by atoms with E-state index in [0.717, 1.165) is 11.1 Å². The predicted molar refractivity (Wildman–Crippen MR) is 102 cm³/mol. The van der Waals surface area contributed by atoms with E-state index >= 15 is 0 Å². The molecule has 0 radical (unpaired) electrons. The monoisotopic (exact) mass is 396 g/mol. The summed E-state index contributed by atoms with van der Waals surface area (Å²) in [6, 6.07) is 5.13. The number of carbonyl (C=O) groups is 2. The first-order valence-electron chi connectivity index (χ1n) is 9.17. The molecule has 1 heterocycles. The molecule has 0 atom stereocenters. The number of carboxylic acids is 1. The maximum atomic E-state index is 12.8. The molecule has 1 fully saturated rings. The Labute approximate surface area is 161 Å². The summed E-state index contributed by atoms with van der Waals surface area (Å²) >= 11 is 0. The predicted octanol–water partition coefficient (Wildman–Crippen LogP) is 2.03. The van der Waals surface area contributed by atoms with Crippen molar-refractivity contribution in [3.05, 3.63) is 29.3 Å². The fourth-order valence-corrected chi connectivity index (χ4v) is 4.81. The molecule has 0 spiro atoms. The highest BCUT2D eigenvalue weighted by atomic mass is 32.2. The summed E-state index contributed by atoms with van der Waals surface area (Å²) < 4.78 is 27.1. The molecule has 0 bridgehead atoms. The van der Waals surface area contributed by atoms with Gasteiger partial charge in [-0.2, -0.15) is 4.31 Å². The number of carboxylic acid groups (broad SMARTS) is 1. The summed E-state index contributed by atoms with van der Waals surface area (Å²) in [7, 11) is -1.88. The van der Waals surface area contributed by atoms with E-state index in [0.29, 0.717) is 43.8 Å². The van der Waals surface area contributed by atoms with E-state index in [1.165, 1.54) is 4.31 Å². The molecule has 1 saturated heterocycles. The largest absolute Gasteiger partial charge is 0.481 e. The lowest BCUT2D eigenvalue weighted by molar-refractivity contribution is -0.139. The maximum absolute atomic E-state index is 12.8. The topological polar surface area (TPSA) is 95.0 Å². The second-order valence-electron chi connectivity index (χ2n) is 7.18. The van der Waals surface area contributed by atoms with Crippen molar-refractivity contribution in [1.82, 2.24) is 9.21 Å². The van der Waals surface area contributed by atoms with Crippen LogP contribution in [-0.4, -0.2) is 61.3 Å². The highest BCUT2D eigenvalue weighted by molar-refractivity contribution is 7.89. The summed E-state index contributed by atoms with van der Waals surface area (Å²) in [4.78, 5) is 24.9. The zero-order valence-corrected chi connectivity index (χ0v) is 17.0. The van der Waals surface area contributed by atoms with Gasteiger partial charge in [0.1, 0.15) is 0 Å². The standard InChI is InChI=1S/C19H28N2O5S/c1-14-6-7-17(13-15(14)2)27(25,26)21-11-8-16(9-12-21)19(24)20(3)10-4-5-18(22)23/h6-7,13,16H,4-5,8-12H2,1-3H3,(H,22,23). The molecule has 0 aromatic heterocycles. The van der Waals surface area contributed by atoms with E-state index in [1.807, 2.05) is 19.9 Å². The lowest BCUT2D eigenvalue weighted by atomic mass is 9.96. The van der Waals surface area contributed by atoms with E-state index < -0.39 is 16.0 Å². The van der Waals surface area contributed by atoms with Crippen LogP contribution >= 0.6 is 0 Å². The van der Waals surface area contributed by atoms with Gasteiger partial charge in [-0.15, -0.1) is 0 Å². The molecule has 1 aromatic carbocycles. The lowest BCUT2D eigenvalue weighted by Crippen LogP contribution is -2.43. The Hall–Kier alpha value is -1.93. The van der Waals surface area contributed by atoms with Gasteiger partial charge in [0.15, 0.2) is 0 Å². The molecule has 150 valence electrons. The molecule has 1 aromatic rings. The molecule has 1 aliphatic heterocycles. The second kappa shape index (κ2) is 8.84. The van der Waals surface area contributed by atoms with Crippen molar-refractivity contribution in [3.8, 4) is 0 Å². The molecule has 7 nitrogen and oxygen atoms in total. The zero-order valence-electron chi connectivity index (χ0n) is 16.1. The Bertz CT molecular complexity index is 798. The minimum absolute atomic E-state index is 0.0320. The Balaban J connectivity index is 1.94. The number of carbonyl (C=O) groups excluding carboxylic acids is 1. The summed E-state index contributed by atoms with van der Waals surface area (Å²) in [6.45, 7) is 4.85. The molecular weight excluding hydrogens is 368 g/mol. The van der Waals surface area contributed by atoms with Crippen LogP contribution in [0.25, 0.3) is 0 Å². The Kier molecular flexibility index (Phi) is 7.00. The van der Waals surface area contributed by atoms with Gasteiger partial charge < -0.3 is 10.0 Å². The van der Waals surface area contributed by atoms with Crippen molar-refractivity contribution in [2.75, 3.05) is 26.7 Å². The van der Waals surface area contributed by atoms with Crippen molar-refractivity contribution in [2.45, 2.75) is 44.4 Å². The minimum Gasteiger partial charge on any atom is -0.481 e. The van der Waals surface area contributed by atoms with Crippen LogP contribution in [0.2, 0.25) is 0 Å². The summed E-state index contributed by atoms with van der Waals surface area (Å²) in [5.74, 6) is -1.13. The third-order valence-corrected chi connectivity index (χ3v) is 7.07. The van der Waals surface area contributed by atoms with Crippen molar-refractivity contribution < 1.29 is 23.1 Å². The number of nitrogens with zero attached hydrogens (tertiary/aromatic N) is 2. The molecular formula is C19H28N2O5S. The maximum Gasteiger partial charge on any atom is 0.303 e. The molecule has 1 amide bonds. The lowest BCUT2D eigenvalue weighted by Gasteiger charge is -2.32. The first kappa shape index (κ1) is 21.4. The first-order chi connectivity index (χ1) is 12.6. The zero-order chi connectivity index (χ0) is 20.2. The average molecular weight is 397 g/mol. The van der Waals surface area contributed by atoms with Crippen LogP contribution in [0.3, 0.4) is 0 Å². The Morgan fingerprint density at radius 3 is 2.37 bits per heavy atom. The average Bonchev–Trinajstić information content (AvgIpc) is 2.63. The van der Waals surface area contributed by atoms with E-state index in [9.17, 15) is 18.0 Å². The van der Waals surface area contributed by atoms with Gasteiger partial charge >= 0.3 is 5.97 Å². The van der Waals surface area contributed by atoms with Gasteiger partial charge in [-0.3, -0.25) is 9.59 Å². The van der Waals surface area contributed by atoms with Crippen LogP contribution < -0.4 is 0 Å². The molecule has 8 heteroatoms. The molecule has 27 heavy (non-hydrogen) atoms. The van der Waals surface area contributed by atoms with Gasteiger partial charge in [-0.1, -0.05) is 6.07 Å². The fraction of sp³-hybridized carbons (Fsp3) is 0.579. The third kappa shape index (κ3) is 5.29. The van der Waals surface area contributed by atoms with Gasteiger partial charge in [0.25, 0.3) is 0 Å². The molecule has 2 rings (SSSR count). The van der Waals surface area contributed by atoms with E-state index in [1.54, 1.807) is 24.1 Å². The minimum atomic E-state index is -3.55. The van der Waals surface area contributed by atoms with Crippen molar-refractivity contribution in [3.63, 3.8) is 0 Å². The van der Waals surface area contributed by atoms with E-state index in [2.05, 4.69) is 0 Å². The van der Waals surface area contributed by atoms with Crippen LogP contribution in [0.4, 0.5) is 0 Å². The summed E-state index contributed by atoms with van der Waals surface area (Å²) in [6.07, 6.45) is 1.40. The van der Waals surface area contributed by atoms with Gasteiger partial charge in [0.2, 0.25) is 15.9 Å². The molecule has 1 aliphatic rings. The molecule has 0 aliphatic carbocycles. The highest BCUT2D eigenvalue weighted by Gasteiger charge is 2.33. The van der Waals surface area contributed by atoms with Crippen molar-refractivity contribution >= 4 is 21.9 Å². The van der Waals surface area contributed by atoms with Gasteiger partial charge in [0.05, 0.1) is 4.90 Å². The normalized spacial score (nSPS) is 16.3. The van der Waals surface area contributed by atoms with Crippen LogP contribution in [0, 0.1) is 19.8 Å². The Morgan fingerprint density at radius 2 is 1.81 bits per heavy atom. The van der Waals surface area contributed by atoms with Crippen LogP contribution in [0.1, 0.15) is 36.8 Å². The van der Waals surface area contributed by atoms with Crippen LogP contribution in [0.15, 0.2) is 23.1 Å². The molecule has 0 saturated carbocycles. The van der Waals surface area contributed by atoms with E-state index in [4.69, 9.17) is 5.11 Å². The number of aliphatic carboxylic acids is 1. The quantitative estimate of drug-likeness (QED) is 0.761. The number of hydrogen-bond acceptors (Lipinski definition) is 4. The number of piperidine rings is 1. The summed E-state index contributed by atoms with van der Waals surface area (Å²) in [5, 5.41) is 8.68. The number of hydrogen-bond donors (Lipinski definition) is 1. The van der Waals surface area contributed by atoms with Gasteiger partial charge in [0, 0.05) is 39.0 Å². The van der Waals surface area contributed by atoms with Crippen LogP contribution in [0.5, 0.6) is 0 Å². The fourth-order valence-electron chi connectivity index (χ4n) is 3.26. The number of aryl methyl sites for hydroxylation is 2. The third-order valence-electron chi connectivity index (χ3n) is 5.18. The van der Waals surface area contributed by atoms with Crippen molar-refractivity contribution in [2.24, 2.45) is 5.92 Å². The number of benzene rings is 1. The first-order valence-corrected chi connectivity index (χ1v) is 10.6.